The molecular weight excluding hydrogens is 310 g/mol. The van der Waals surface area contributed by atoms with E-state index in [1.807, 2.05) is 0 Å². The Morgan fingerprint density at radius 1 is 1.00 bits per heavy atom. The van der Waals surface area contributed by atoms with Gasteiger partial charge in [-0.25, -0.2) is 0 Å². The van der Waals surface area contributed by atoms with E-state index in [0.29, 0.717) is 6.04 Å². The van der Waals surface area contributed by atoms with Gasteiger partial charge in [-0.3, -0.25) is 0 Å². The molecule has 0 heterocycles. The summed E-state index contributed by atoms with van der Waals surface area (Å²) >= 11 is 3.60. The maximum Gasteiger partial charge on any atom is 0.0361 e. The first-order chi connectivity index (χ1) is 9.58. The summed E-state index contributed by atoms with van der Waals surface area (Å²) in [5, 5.41) is 3.60. The smallest absolute Gasteiger partial charge is 0.0361 e. The number of hydrogen-bond acceptors (Lipinski definition) is 1. The molecule has 0 aliphatic carbocycles. The zero-order valence-corrected chi connectivity index (χ0v) is 14.0. The van der Waals surface area contributed by atoms with Gasteiger partial charge in [0, 0.05) is 10.5 Å². The van der Waals surface area contributed by atoms with Crippen LogP contribution in [0.25, 0.3) is 0 Å². The monoisotopic (exact) mass is 331 g/mol. The fourth-order valence-electron chi connectivity index (χ4n) is 2.48. The molecule has 2 aromatic carbocycles. The first-order valence-corrected chi connectivity index (χ1v) is 7.94. The third kappa shape index (κ3) is 4.19. The molecule has 0 bridgehead atoms. The maximum absolute atomic E-state index is 3.60. The fourth-order valence-corrected chi connectivity index (χ4v) is 3.11. The molecule has 0 aromatic heterocycles. The number of nitrogens with one attached hydrogen (secondary N) is 1. The molecule has 1 nitrogen and oxygen atoms in total. The Labute approximate surface area is 130 Å². The van der Waals surface area contributed by atoms with E-state index in [9.17, 15) is 0 Å². The molecular formula is C18H22BrN. The number of benzene rings is 2. The predicted molar refractivity (Wildman–Crippen MR) is 90.2 cm³/mol. The van der Waals surface area contributed by atoms with Gasteiger partial charge in [0.15, 0.2) is 0 Å². The van der Waals surface area contributed by atoms with Crippen molar-refractivity contribution >= 4 is 15.9 Å². The summed E-state index contributed by atoms with van der Waals surface area (Å²) in [6, 6.07) is 15.8. The Morgan fingerprint density at radius 3 is 2.30 bits per heavy atom. The molecule has 0 amide bonds. The summed E-state index contributed by atoms with van der Waals surface area (Å²) < 4.78 is 1.15. The van der Waals surface area contributed by atoms with Gasteiger partial charge >= 0.3 is 0 Å². The van der Waals surface area contributed by atoms with Gasteiger partial charge in [0.2, 0.25) is 0 Å². The largest absolute Gasteiger partial charge is 0.310 e. The van der Waals surface area contributed by atoms with Gasteiger partial charge in [0.1, 0.15) is 0 Å². The van der Waals surface area contributed by atoms with Crippen LogP contribution in [0.15, 0.2) is 46.9 Å². The van der Waals surface area contributed by atoms with Gasteiger partial charge < -0.3 is 5.32 Å². The van der Waals surface area contributed by atoms with Crippen molar-refractivity contribution in [1.29, 1.82) is 0 Å². The van der Waals surface area contributed by atoms with Crippen LogP contribution >= 0.6 is 15.9 Å². The Balaban J connectivity index is 2.23. The second-order valence-corrected chi connectivity index (χ2v) is 6.28. The minimum Gasteiger partial charge on any atom is -0.310 e. The average molecular weight is 332 g/mol. The van der Waals surface area contributed by atoms with E-state index in [1.54, 1.807) is 0 Å². The maximum atomic E-state index is 3.60. The lowest BCUT2D eigenvalue weighted by molar-refractivity contribution is 0.549. The normalized spacial score (nSPS) is 12.4. The van der Waals surface area contributed by atoms with E-state index in [2.05, 4.69) is 84.5 Å². The summed E-state index contributed by atoms with van der Waals surface area (Å²) in [5.74, 6) is 0. The van der Waals surface area contributed by atoms with Crippen molar-refractivity contribution in [3.05, 3.63) is 69.2 Å². The first kappa shape index (κ1) is 15.3. The van der Waals surface area contributed by atoms with E-state index < -0.39 is 0 Å². The van der Waals surface area contributed by atoms with Crippen LogP contribution in [0.1, 0.15) is 35.2 Å². The Morgan fingerprint density at radius 2 is 1.70 bits per heavy atom. The van der Waals surface area contributed by atoms with Crippen molar-refractivity contribution in [1.82, 2.24) is 5.32 Å². The first-order valence-electron chi connectivity index (χ1n) is 7.14. The second kappa shape index (κ2) is 7.05. The molecule has 0 radical (unpaired) electrons. The van der Waals surface area contributed by atoms with Crippen molar-refractivity contribution in [2.75, 3.05) is 6.54 Å². The van der Waals surface area contributed by atoms with E-state index in [4.69, 9.17) is 0 Å². The average Bonchev–Trinajstić information content (AvgIpc) is 2.39. The Kier molecular flexibility index (Phi) is 5.38. The number of aryl methyl sites for hydroxylation is 2. The summed E-state index contributed by atoms with van der Waals surface area (Å²) in [5.41, 5.74) is 5.33. The SMILES string of the molecule is CCNC(Cc1ccc(C)cc1)c1cc(C)cc(Br)c1. The Hall–Kier alpha value is -1.12. The third-order valence-corrected chi connectivity index (χ3v) is 3.94. The number of halogens is 1. The molecule has 2 rings (SSSR count). The highest BCUT2D eigenvalue weighted by molar-refractivity contribution is 9.10. The summed E-state index contributed by atoms with van der Waals surface area (Å²) in [6.07, 6.45) is 1.02. The highest BCUT2D eigenvalue weighted by atomic mass is 79.9. The summed E-state index contributed by atoms with van der Waals surface area (Å²) in [6.45, 7) is 7.40. The van der Waals surface area contributed by atoms with Crippen molar-refractivity contribution in [2.24, 2.45) is 0 Å². The van der Waals surface area contributed by atoms with Gasteiger partial charge in [-0.1, -0.05) is 58.7 Å². The lowest BCUT2D eigenvalue weighted by Gasteiger charge is -2.19. The molecule has 2 heteroatoms. The molecule has 106 valence electrons. The van der Waals surface area contributed by atoms with Crippen LogP contribution in [-0.4, -0.2) is 6.54 Å². The molecule has 0 aliphatic rings. The van der Waals surface area contributed by atoms with Gasteiger partial charge in [-0.15, -0.1) is 0 Å². The quantitative estimate of drug-likeness (QED) is 0.816. The summed E-state index contributed by atoms with van der Waals surface area (Å²) in [7, 11) is 0. The molecule has 1 atom stereocenters. The van der Waals surface area contributed by atoms with Gasteiger partial charge in [-0.05, 0) is 55.6 Å². The van der Waals surface area contributed by atoms with Crippen molar-refractivity contribution < 1.29 is 0 Å². The van der Waals surface area contributed by atoms with Crippen LogP contribution in [-0.2, 0) is 6.42 Å². The molecule has 0 spiro atoms. The van der Waals surface area contributed by atoms with E-state index in [-0.39, 0.29) is 0 Å². The van der Waals surface area contributed by atoms with Crippen LogP contribution in [0.4, 0.5) is 0 Å². The highest BCUT2D eigenvalue weighted by Crippen LogP contribution is 2.24. The molecule has 20 heavy (non-hydrogen) atoms. The van der Waals surface area contributed by atoms with Crippen LogP contribution in [0, 0.1) is 13.8 Å². The lowest BCUT2D eigenvalue weighted by atomic mass is 9.97. The molecule has 0 fully saturated rings. The number of likely N-dealkylation sites (N-methyl/N-ethyl adjacent to an activating group) is 1. The van der Waals surface area contributed by atoms with Crippen LogP contribution in [0.5, 0.6) is 0 Å². The predicted octanol–water partition coefficient (Wildman–Crippen LogP) is 4.96. The van der Waals surface area contributed by atoms with Crippen molar-refractivity contribution in [3.63, 3.8) is 0 Å². The topological polar surface area (TPSA) is 12.0 Å². The van der Waals surface area contributed by atoms with Gasteiger partial charge in [-0.2, -0.15) is 0 Å². The van der Waals surface area contributed by atoms with Gasteiger partial charge in [0.05, 0.1) is 0 Å². The number of hydrogen-bond donors (Lipinski definition) is 1. The van der Waals surface area contributed by atoms with Crippen molar-refractivity contribution in [3.8, 4) is 0 Å². The lowest BCUT2D eigenvalue weighted by Crippen LogP contribution is -2.23. The minimum atomic E-state index is 0.360. The minimum absolute atomic E-state index is 0.360. The van der Waals surface area contributed by atoms with Crippen LogP contribution < -0.4 is 5.32 Å². The Bertz CT molecular complexity index is 540. The zero-order valence-electron chi connectivity index (χ0n) is 12.4. The van der Waals surface area contributed by atoms with Gasteiger partial charge in [0.25, 0.3) is 0 Å². The number of rotatable bonds is 5. The third-order valence-electron chi connectivity index (χ3n) is 3.48. The molecule has 0 aliphatic heterocycles. The molecule has 1 N–H and O–H groups in total. The molecule has 0 saturated heterocycles. The van der Waals surface area contributed by atoms with Crippen molar-refractivity contribution in [2.45, 2.75) is 33.2 Å². The molecule has 2 aromatic rings. The van der Waals surface area contributed by atoms with E-state index in [1.165, 1.54) is 22.3 Å². The zero-order chi connectivity index (χ0) is 14.5. The second-order valence-electron chi connectivity index (χ2n) is 5.36. The molecule has 1 unspecified atom stereocenters. The van der Waals surface area contributed by atoms with E-state index in [0.717, 1.165) is 17.4 Å². The van der Waals surface area contributed by atoms with E-state index >= 15 is 0 Å². The highest BCUT2D eigenvalue weighted by Gasteiger charge is 2.12. The van der Waals surface area contributed by atoms with Crippen LogP contribution in [0.2, 0.25) is 0 Å². The molecule has 0 saturated carbocycles. The fraction of sp³-hybridized carbons (Fsp3) is 0.333. The standard InChI is InChI=1S/C18H22BrN/c1-4-20-18(11-15-7-5-13(2)6-8-15)16-9-14(3)10-17(19)12-16/h5-10,12,18,20H,4,11H2,1-3H3. The summed E-state index contributed by atoms with van der Waals surface area (Å²) in [4.78, 5) is 0. The van der Waals surface area contributed by atoms with Crippen LogP contribution in [0.3, 0.4) is 0 Å².